The number of hydrogen-bond donors (Lipinski definition) is 0. The van der Waals surface area contributed by atoms with Crippen LogP contribution < -0.4 is 0 Å². The summed E-state index contributed by atoms with van der Waals surface area (Å²) in [7, 11) is 0. The summed E-state index contributed by atoms with van der Waals surface area (Å²) in [6.45, 7) is 0.755. The van der Waals surface area contributed by atoms with Crippen LogP contribution >= 0.6 is 23.2 Å². The largest absolute Gasteiger partial charge is 0.333 e. The number of amides is 1. The number of likely N-dealkylation sites (tertiary alicyclic amines) is 1. The predicted molar refractivity (Wildman–Crippen MR) is 78.6 cm³/mol. The normalized spacial score (nSPS) is 31.8. The molecule has 1 aromatic carbocycles. The number of benzene rings is 1. The maximum Gasteiger partial charge on any atom is 0.254 e. The Hall–Kier alpha value is -1.33. The van der Waals surface area contributed by atoms with Crippen molar-refractivity contribution >= 4 is 40.1 Å². The fraction of sp³-hybridized carbons (Fsp3) is 0.500. The number of fused-ring (bicyclic) bond motifs is 2. The second kappa shape index (κ2) is 4.85. The summed E-state index contributed by atoms with van der Waals surface area (Å²) in [4.78, 5) is 14.5. The van der Waals surface area contributed by atoms with Gasteiger partial charge in [0.05, 0.1) is 16.8 Å². The monoisotopic (exact) mass is 325 g/mol. The second-order valence-electron chi connectivity index (χ2n) is 5.71. The number of alkyl halides is 2. The molecule has 1 aliphatic carbocycles. The van der Waals surface area contributed by atoms with Crippen molar-refractivity contribution in [2.24, 2.45) is 5.92 Å². The summed E-state index contributed by atoms with van der Waals surface area (Å²) in [6, 6.07) is 5.22. The molecule has 0 spiro atoms. The predicted octanol–water partition coefficient (Wildman–Crippen LogP) is 2.67. The second-order valence-corrected chi connectivity index (χ2v) is 6.78. The van der Waals surface area contributed by atoms with Gasteiger partial charge < -0.3 is 4.90 Å². The third kappa shape index (κ3) is 2.02. The van der Waals surface area contributed by atoms with Crippen molar-refractivity contribution in [1.82, 2.24) is 15.2 Å². The summed E-state index contributed by atoms with van der Waals surface area (Å²) in [5.74, 6) is 0.446. The zero-order chi connectivity index (χ0) is 14.6. The molecule has 1 amide bonds. The van der Waals surface area contributed by atoms with E-state index in [0.717, 1.165) is 19.4 Å². The Morgan fingerprint density at radius 2 is 2.05 bits per heavy atom. The summed E-state index contributed by atoms with van der Waals surface area (Å²) in [6.07, 6.45) is 1.97. The van der Waals surface area contributed by atoms with Gasteiger partial charge >= 0.3 is 0 Å². The topological polar surface area (TPSA) is 59.2 Å². The standard InChI is InChI=1S/C14H13Cl2N3O2/c15-9-3-1-8-6-19(13(8)12(9)16)14(20)7-2-4-10-11(5-7)18-21-17-10/h2,4-5,8-9,12-13H,1,3,6H2. The number of rotatable bonds is 1. The maximum atomic E-state index is 12.6. The van der Waals surface area contributed by atoms with Crippen LogP contribution in [0.4, 0.5) is 0 Å². The van der Waals surface area contributed by atoms with E-state index in [4.69, 9.17) is 23.2 Å². The lowest BCUT2D eigenvalue weighted by Gasteiger charge is -2.54. The van der Waals surface area contributed by atoms with Crippen LogP contribution in [0, 0.1) is 5.92 Å². The SMILES string of the molecule is O=C(c1ccc2nonc2c1)N1CC2CCC(Cl)C(Cl)C21. The lowest BCUT2D eigenvalue weighted by molar-refractivity contribution is -0.000687. The molecule has 1 saturated heterocycles. The molecule has 7 heteroatoms. The fourth-order valence-electron chi connectivity index (χ4n) is 3.34. The summed E-state index contributed by atoms with van der Waals surface area (Å²) >= 11 is 12.6. The van der Waals surface area contributed by atoms with Crippen molar-refractivity contribution in [3.63, 3.8) is 0 Å². The molecular weight excluding hydrogens is 313 g/mol. The smallest absolute Gasteiger partial charge is 0.254 e. The van der Waals surface area contributed by atoms with Crippen LogP contribution in [0.3, 0.4) is 0 Å². The maximum absolute atomic E-state index is 12.6. The van der Waals surface area contributed by atoms with Crippen molar-refractivity contribution in [3.05, 3.63) is 23.8 Å². The molecule has 4 unspecified atom stereocenters. The molecule has 1 aromatic heterocycles. The van der Waals surface area contributed by atoms with E-state index in [0.29, 0.717) is 22.5 Å². The molecule has 21 heavy (non-hydrogen) atoms. The van der Waals surface area contributed by atoms with Gasteiger partial charge in [0.15, 0.2) is 0 Å². The molecule has 2 aliphatic rings. The molecule has 1 aliphatic heterocycles. The molecule has 2 fully saturated rings. The van der Waals surface area contributed by atoms with Crippen LogP contribution in [0.25, 0.3) is 11.0 Å². The quantitative estimate of drug-likeness (QED) is 0.756. The van der Waals surface area contributed by atoms with Crippen LogP contribution in [-0.2, 0) is 0 Å². The molecule has 5 nitrogen and oxygen atoms in total. The third-order valence-electron chi connectivity index (χ3n) is 4.52. The number of nitrogens with zero attached hydrogens (tertiary/aromatic N) is 3. The van der Waals surface area contributed by atoms with Gasteiger partial charge in [0.25, 0.3) is 5.91 Å². The third-order valence-corrected chi connectivity index (χ3v) is 5.70. The molecule has 2 aromatic rings. The number of hydrogen-bond acceptors (Lipinski definition) is 4. The molecule has 0 N–H and O–H groups in total. The molecule has 1 saturated carbocycles. The van der Waals surface area contributed by atoms with Crippen LogP contribution in [0.1, 0.15) is 23.2 Å². The Morgan fingerprint density at radius 3 is 2.90 bits per heavy atom. The van der Waals surface area contributed by atoms with Crippen LogP contribution in [-0.4, -0.2) is 44.5 Å². The minimum Gasteiger partial charge on any atom is -0.333 e. The van der Waals surface area contributed by atoms with E-state index in [2.05, 4.69) is 14.9 Å². The zero-order valence-electron chi connectivity index (χ0n) is 11.1. The van der Waals surface area contributed by atoms with Crippen molar-refractivity contribution < 1.29 is 9.42 Å². The molecule has 2 heterocycles. The molecule has 0 radical (unpaired) electrons. The first-order valence-electron chi connectivity index (χ1n) is 6.96. The van der Waals surface area contributed by atoms with Gasteiger partial charge in [-0.3, -0.25) is 4.79 Å². The minimum atomic E-state index is -0.180. The average Bonchev–Trinajstić information content (AvgIpc) is 2.91. The van der Waals surface area contributed by atoms with Crippen molar-refractivity contribution in [1.29, 1.82) is 0 Å². The Balaban J connectivity index is 1.60. The Morgan fingerprint density at radius 1 is 1.24 bits per heavy atom. The zero-order valence-corrected chi connectivity index (χ0v) is 12.6. The highest BCUT2D eigenvalue weighted by atomic mass is 35.5. The molecular formula is C14H13Cl2N3O2. The van der Waals surface area contributed by atoms with Crippen LogP contribution in [0.2, 0.25) is 0 Å². The van der Waals surface area contributed by atoms with E-state index in [9.17, 15) is 4.79 Å². The van der Waals surface area contributed by atoms with E-state index < -0.39 is 0 Å². The lowest BCUT2D eigenvalue weighted by atomic mass is 9.76. The van der Waals surface area contributed by atoms with Crippen LogP contribution in [0.5, 0.6) is 0 Å². The fourth-order valence-corrected chi connectivity index (χ4v) is 4.08. The lowest BCUT2D eigenvalue weighted by Crippen LogP contribution is -2.65. The Bertz CT molecular complexity index is 704. The summed E-state index contributed by atoms with van der Waals surface area (Å²) < 4.78 is 4.65. The first-order chi connectivity index (χ1) is 10.1. The highest BCUT2D eigenvalue weighted by molar-refractivity contribution is 6.30. The first-order valence-corrected chi connectivity index (χ1v) is 7.84. The van der Waals surface area contributed by atoms with Gasteiger partial charge in [-0.2, -0.15) is 0 Å². The number of carbonyl (C=O) groups excluding carboxylic acids is 1. The molecule has 4 atom stereocenters. The number of carbonyl (C=O) groups is 1. The van der Waals surface area contributed by atoms with E-state index in [-0.39, 0.29) is 22.7 Å². The van der Waals surface area contributed by atoms with Gasteiger partial charge in [0.1, 0.15) is 11.0 Å². The molecule has 0 bridgehead atoms. The Labute approximate surface area is 131 Å². The highest BCUT2D eigenvalue weighted by Gasteiger charge is 2.50. The van der Waals surface area contributed by atoms with Gasteiger partial charge in [-0.1, -0.05) is 0 Å². The number of halogens is 2. The average molecular weight is 326 g/mol. The molecule has 110 valence electrons. The summed E-state index contributed by atoms with van der Waals surface area (Å²) in [5, 5.41) is 7.26. The van der Waals surface area contributed by atoms with Crippen molar-refractivity contribution in [2.45, 2.75) is 29.6 Å². The van der Waals surface area contributed by atoms with Gasteiger partial charge in [-0.25, -0.2) is 4.63 Å². The van der Waals surface area contributed by atoms with E-state index in [1.54, 1.807) is 18.2 Å². The van der Waals surface area contributed by atoms with Crippen molar-refractivity contribution in [3.8, 4) is 0 Å². The van der Waals surface area contributed by atoms with E-state index in [1.807, 2.05) is 4.90 Å². The number of aromatic nitrogens is 2. The van der Waals surface area contributed by atoms with E-state index in [1.165, 1.54) is 0 Å². The van der Waals surface area contributed by atoms with Crippen molar-refractivity contribution in [2.75, 3.05) is 6.54 Å². The van der Waals surface area contributed by atoms with Gasteiger partial charge in [-0.15, -0.1) is 23.2 Å². The van der Waals surface area contributed by atoms with Gasteiger partial charge in [-0.05, 0) is 47.3 Å². The van der Waals surface area contributed by atoms with Gasteiger partial charge in [0.2, 0.25) is 0 Å². The molecule has 4 rings (SSSR count). The first kappa shape index (κ1) is 13.3. The minimum absolute atomic E-state index is 0.0300. The van der Waals surface area contributed by atoms with Crippen LogP contribution in [0.15, 0.2) is 22.8 Å². The Kier molecular flexibility index (Phi) is 3.08. The van der Waals surface area contributed by atoms with E-state index >= 15 is 0 Å². The highest BCUT2D eigenvalue weighted by Crippen LogP contribution is 2.42. The van der Waals surface area contributed by atoms with Gasteiger partial charge in [0, 0.05) is 12.1 Å². The summed E-state index contributed by atoms with van der Waals surface area (Å²) in [5.41, 5.74) is 1.80.